The largest absolute Gasteiger partial charge is 0.490 e. The summed E-state index contributed by atoms with van der Waals surface area (Å²) in [6.07, 6.45) is 6.28. The molecule has 0 amide bonds. The fourth-order valence-electron chi connectivity index (χ4n) is 3.78. The number of benzene rings is 1. The van der Waals surface area contributed by atoms with E-state index in [1.165, 1.54) is 30.6 Å². The Labute approximate surface area is 199 Å². The lowest BCUT2D eigenvalue weighted by Crippen LogP contribution is -2.22. The number of halogens is 2. The van der Waals surface area contributed by atoms with E-state index in [-0.39, 0.29) is 30.4 Å². The number of aromatic nitrogens is 6. The Bertz CT molecular complexity index is 1430. The van der Waals surface area contributed by atoms with E-state index in [0.717, 1.165) is 5.56 Å². The first-order valence-corrected chi connectivity index (χ1v) is 12.5. The van der Waals surface area contributed by atoms with Gasteiger partial charge in [-0.3, -0.25) is 9.55 Å². The molecule has 1 aliphatic rings. The topological polar surface area (TPSA) is 113 Å². The van der Waals surface area contributed by atoms with Gasteiger partial charge in [-0.15, -0.1) is 10.2 Å². The molecule has 0 saturated carbocycles. The van der Waals surface area contributed by atoms with Crippen molar-refractivity contribution in [2.45, 2.75) is 18.2 Å². The van der Waals surface area contributed by atoms with E-state index in [1.54, 1.807) is 23.0 Å². The Morgan fingerprint density at radius 3 is 2.74 bits per heavy atom. The summed E-state index contributed by atoms with van der Waals surface area (Å²) in [7, 11) is -3.62. The van der Waals surface area contributed by atoms with Crippen LogP contribution in [-0.2, 0) is 22.0 Å². The second kappa shape index (κ2) is 9.07. The zero-order valence-electron chi connectivity index (χ0n) is 17.7. The van der Waals surface area contributed by atoms with Gasteiger partial charge in [0.05, 0.1) is 22.4 Å². The Hall–Kier alpha value is -3.44. The maximum absolute atomic E-state index is 14.1. The molecule has 4 heterocycles. The van der Waals surface area contributed by atoms with Crippen molar-refractivity contribution in [1.29, 1.82) is 0 Å². The molecule has 0 saturated heterocycles. The molecule has 0 bridgehead atoms. The van der Waals surface area contributed by atoms with Crippen LogP contribution in [0.2, 0.25) is 5.02 Å². The molecule has 1 aliphatic heterocycles. The Morgan fingerprint density at radius 1 is 1.15 bits per heavy atom. The molecule has 34 heavy (non-hydrogen) atoms. The lowest BCUT2D eigenvalue weighted by molar-refractivity contribution is 0.277. The van der Waals surface area contributed by atoms with Crippen LogP contribution in [0.4, 0.5) is 4.39 Å². The van der Waals surface area contributed by atoms with E-state index >= 15 is 0 Å². The SMILES string of the molecule is O=S(=O)(CCc1ncc(Cl)cn1)Cc1nnc2n1[C@@H](c1cccnc1)COc1ccc(F)cc1-2. The molecule has 174 valence electrons. The smallest absolute Gasteiger partial charge is 0.168 e. The number of hydrogen-bond acceptors (Lipinski definition) is 8. The number of hydrogen-bond donors (Lipinski definition) is 0. The third-order valence-electron chi connectivity index (χ3n) is 5.39. The second-order valence-corrected chi connectivity index (χ2v) is 10.3. The second-order valence-electron chi connectivity index (χ2n) is 7.72. The summed E-state index contributed by atoms with van der Waals surface area (Å²) in [6.45, 7) is 0.168. The first-order chi connectivity index (χ1) is 16.4. The molecule has 1 atom stereocenters. The molecule has 0 fully saturated rings. The van der Waals surface area contributed by atoms with Crippen molar-refractivity contribution in [2.75, 3.05) is 12.4 Å². The zero-order chi connectivity index (χ0) is 23.7. The average Bonchev–Trinajstić information content (AvgIpc) is 3.15. The van der Waals surface area contributed by atoms with Crippen molar-refractivity contribution in [3.63, 3.8) is 0 Å². The minimum absolute atomic E-state index is 0.129. The van der Waals surface area contributed by atoms with Crippen molar-refractivity contribution in [3.05, 3.63) is 83.2 Å². The number of sulfone groups is 1. The minimum Gasteiger partial charge on any atom is -0.490 e. The summed E-state index contributed by atoms with van der Waals surface area (Å²) in [6, 6.07) is 7.31. The van der Waals surface area contributed by atoms with Gasteiger partial charge in [-0.2, -0.15) is 0 Å². The molecular formula is C22H18ClFN6O3S. The number of rotatable bonds is 6. The van der Waals surface area contributed by atoms with Gasteiger partial charge in [0.2, 0.25) is 0 Å². The number of ether oxygens (including phenoxy) is 1. The van der Waals surface area contributed by atoms with E-state index in [1.807, 2.05) is 6.07 Å². The molecule has 9 nitrogen and oxygen atoms in total. The van der Waals surface area contributed by atoms with Gasteiger partial charge < -0.3 is 4.74 Å². The van der Waals surface area contributed by atoms with Gasteiger partial charge >= 0.3 is 0 Å². The van der Waals surface area contributed by atoms with Gasteiger partial charge in [0.25, 0.3) is 0 Å². The summed E-state index contributed by atoms with van der Waals surface area (Å²) >= 11 is 5.79. The predicted molar refractivity (Wildman–Crippen MR) is 122 cm³/mol. The monoisotopic (exact) mass is 500 g/mol. The Balaban J connectivity index is 1.51. The van der Waals surface area contributed by atoms with Crippen molar-refractivity contribution in [1.82, 2.24) is 29.7 Å². The van der Waals surface area contributed by atoms with E-state index in [2.05, 4.69) is 25.1 Å². The van der Waals surface area contributed by atoms with E-state index in [0.29, 0.717) is 28.0 Å². The highest BCUT2D eigenvalue weighted by atomic mass is 35.5. The molecule has 0 aliphatic carbocycles. The van der Waals surface area contributed by atoms with E-state index < -0.39 is 21.7 Å². The first kappa shape index (κ1) is 22.4. The fraction of sp³-hybridized carbons (Fsp3) is 0.227. The van der Waals surface area contributed by atoms with Gasteiger partial charge in [0.15, 0.2) is 15.7 Å². The molecule has 5 rings (SSSR count). The van der Waals surface area contributed by atoms with Gasteiger partial charge in [-0.1, -0.05) is 17.7 Å². The zero-order valence-corrected chi connectivity index (χ0v) is 19.2. The molecular weight excluding hydrogens is 483 g/mol. The Morgan fingerprint density at radius 2 is 1.97 bits per heavy atom. The third-order valence-corrected chi connectivity index (χ3v) is 7.11. The number of aryl methyl sites for hydroxylation is 1. The Kier molecular flexibility index (Phi) is 5.96. The van der Waals surface area contributed by atoms with Crippen LogP contribution in [0.5, 0.6) is 5.75 Å². The number of fused-ring (bicyclic) bond motifs is 3. The molecule has 0 unspecified atom stereocenters. The van der Waals surface area contributed by atoms with Crippen LogP contribution in [0.15, 0.2) is 55.1 Å². The highest BCUT2D eigenvalue weighted by molar-refractivity contribution is 7.90. The fourth-order valence-corrected chi connectivity index (χ4v) is 5.11. The lowest BCUT2D eigenvalue weighted by atomic mass is 10.1. The van der Waals surface area contributed by atoms with Crippen LogP contribution in [0.3, 0.4) is 0 Å². The highest BCUT2D eigenvalue weighted by Gasteiger charge is 2.31. The van der Waals surface area contributed by atoms with E-state index in [4.69, 9.17) is 16.3 Å². The van der Waals surface area contributed by atoms with Crippen molar-refractivity contribution >= 4 is 21.4 Å². The van der Waals surface area contributed by atoms with Gasteiger partial charge in [-0.25, -0.2) is 22.8 Å². The minimum atomic E-state index is -3.62. The number of pyridine rings is 1. The molecule has 12 heteroatoms. The summed E-state index contributed by atoms with van der Waals surface area (Å²) in [4.78, 5) is 12.3. The molecule has 0 spiro atoms. The summed E-state index contributed by atoms with van der Waals surface area (Å²) in [5.41, 5.74) is 1.18. The maximum Gasteiger partial charge on any atom is 0.168 e. The molecule has 3 aromatic heterocycles. The molecule has 0 radical (unpaired) electrons. The van der Waals surface area contributed by atoms with Crippen LogP contribution in [0.25, 0.3) is 11.4 Å². The van der Waals surface area contributed by atoms with Crippen LogP contribution >= 0.6 is 11.6 Å². The lowest BCUT2D eigenvalue weighted by Gasteiger charge is -2.19. The van der Waals surface area contributed by atoms with Crippen LogP contribution < -0.4 is 4.74 Å². The molecule has 0 N–H and O–H groups in total. The summed E-state index contributed by atoms with van der Waals surface area (Å²) in [5, 5.41) is 8.78. The van der Waals surface area contributed by atoms with Gasteiger partial charge in [-0.05, 0) is 29.8 Å². The molecule has 1 aromatic carbocycles. The van der Waals surface area contributed by atoms with Gasteiger partial charge in [0, 0.05) is 31.2 Å². The van der Waals surface area contributed by atoms with Crippen LogP contribution in [-0.4, -0.2) is 50.5 Å². The van der Waals surface area contributed by atoms with Crippen molar-refractivity contribution in [2.24, 2.45) is 0 Å². The summed E-state index contributed by atoms with van der Waals surface area (Å²) < 4.78 is 47.7. The maximum atomic E-state index is 14.1. The average molecular weight is 501 g/mol. The quantitative estimate of drug-likeness (QED) is 0.397. The standard InChI is InChI=1S/C22H18ClFN6O3S/c23-15-10-26-20(27-11-15)5-7-34(31,32)13-21-28-29-22-17-8-16(24)3-4-19(17)33-12-18(30(21)22)14-2-1-6-25-9-14/h1-4,6,8-11,18H,5,7,12-13H2/t18-/m1/s1. The first-order valence-electron chi connectivity index (χ1n) is 10.3. The van der Waals surface area contributed by atoms with Gasteiger partial charge in [0.1, 0.15) is 35.6 Å². The van der Waals surface area contributed by atoms with Crippen LogP contribution in [0, 0.1) is 5.82 Å². The van der Waals surface area contributed by atoms with Crippen LogP contribution in [0.1, 0.15) is 23.3 Å². The molecule has 4 aromatic rings. The van der Waals surface area contributed by atoms with E-state index in [9.17, 15) is 12.8 Å². The van der Waals surface area contributed by atoms with Crippen molar-refractivity contribution in [3.8, 4) is 17.1 Å². The summed E-state index contributed by atoms with van der Waals surface area (Å²) in [5.74, 6) is 0.350. The normalized spacial score (nSPS) is 15.2. The predicted octanol–water partition coefficient (Wildman–Crippen LogP) is 3.06. The van der Waals surface area contributed by atoms with Crippen molar-refractivity contribution < 1.29 is 17.5 Å². The third kappa shape index (κ3) is 4.62. The number of nitrogens with zero attached hydrogens (tertiary/aromatic N) is 6. The highest BCUT2D eigenvalue weighted by Crippen LogP contribution is 2.37.